The lowest BCUT2D eigenvalue weighted by Crippen LogP contribution is -2.15. The Morgan fingerprint density at radius 1 is 1.16 bits per heavy atom. The number of ketones is 1. The summed E-state index contributed by atoms with van der Waals surface area (Å²) in [6, 6.07) is 9.43. The predicted molar refractivity (Wildman–Crippen MR) is 122 cm³/mol. The number of Topliss-reactive ketones (excluding diaryl/α,β-unsaturated/α-hetero) is 1. The van der Waals surface area contributed by atoms with Crippen molar-refractivity contribution in [3.8, 4) is 23.0 Å². The zero-order valence-electron chi connectivity index (χ0n) is 18.8. The molecule has 0 bridgehead atoms. The Morgan fingerprint density at radius 3 is 2.78 bits per heavy atom. The summed E-state index contributed by atoms with van der Waals surface area (Å²) in [6.07, 6.45) is 10.4. The Balaban J connectivity index is 1.41. The summed E-state index contributed by atoms with van der Waals surface area (Å²) < 4.78 is 17.3. The number of methoxy groups -OCH3 is 1. The molecule has 32 heavy (non-hydrogen) atoms. The number of carbonyl (C=O) groups excluding carboxylic acids is 1. The van der Waals surface area contributed by atoms with E-state index in [0.29, 0.717) is 48.5 Å². The second-order valence-electron chi connectivity index (χ2n) is 8.42. The summed E-state index contributed by atoms with van der Waals surface area (Å²) in [7, 11) is 1.64. The van der Waals surface area contributed by atoms with Gasteiger partial charge in [-0.15, -0.1) is 0 Å². The van der Waals surface area contributed by atoms with E-state index in [-0.39, 0.29) is 5.78 Å². The number of nitrogens with zero attached hydrogens (tertiary/aromatic N) is 2. The van der Waals surface area contributed by atoms with Crippen LogP contribution in [-0.2, 0) is 6.42 Å². The molecule has 168 valence electrons. The highest BCUT2D eigenvalue weighted by Gasteiger charge is 2.17. The summed E-state index contributed by atoms with van der Waals surface area (Å²) in [5.74, 6) is 2.52. The van der Waals surface area contributed by atoms with Gasteiger partial charge in [-0.2, -0.15) is 0 Å². The highest BCUT2D eigenvalue weighted by atomic mass is 16.5. The fraction of sp³-hybridized carbons (Fsp3) is 0.423. The fourth-order valence-electron chi connectivity index (χ4n) is 4.18. The molecule has 0 unspecified atom stereocenters. The van der Waals surface area contributed by atoms with Gasteiger partial charge in [0.15, 0.2) is 17.3 Å². The monoisotopic (exact) mass is 434 g/mol. The molecule has 0 aliphatic heterocycles. The molecular formula is C26H30N2O4. The average molecular weight is 435 g/mol. The quantitative estimate of drug-likeness (QED) is 0.395. The molecule has 0 N–H and O–H groups in total. The molecule has 1 fully saturated rings. The standard InChI is InChI=1S/C26H30N2O4/c1-18-7-6-14-27-25(18)22(29)12-11-21-17-32-26(28-21)20-10-13-23(30-2)24(15-20)31-16-19-8-4-3-5-9-19/h6-7,10,13-15,17,19H,3-5,8-9,11-12,16H2,1-2H3. The minimum absolute atomic E-state index is 0.00972. The number of carbonyl (C=O) groups is 1. The second kappa shape index (κ2) is 10.4. The van der Waals surface area contributed by atoms with Gasteiger partial charge >= 0.3 is 0 Å². The van der Waals surface area contributed by atoms with E-state index >= 15 is 0 Å². The molecule has 1 aliphatic carbocycles. The van der Waals surface area contributed by atoms with Crippen molar-refractivity contribution in [2.75, 3.05) is 13.7 Å². The zero-order valence-corrected chi connectivity index (χ0v) is 18.8. The number of aromatic nitrogens is 2. The van der Waals surface area contributed by atoms with Crippen molar-refractivity contribution in [2.24, 2.45) is 5.92 Å². The number of hydrogen-bond acceptors (Lipinski definition) is 6. The van der Waals surface area contributed by atoms with Gasteiger partial charge in [0.05, 0.1) is 19.4 Å². The van der Waals surface area contributed by atoms with Crippen LogP contribution in [0, 0.1) is 12.8 Å². The molecule has 0 amide bonds. The summed E-state index contributed by atoms with van der Waals surface area (Å²) in [5.41, 5.74) is 2.97. The summed E-state index contributed by atoms with van der Waals surface area (Å²) in [6.45, 7) is 2.59. The Hall–Kier alpha value is -3.15. The largest absolute Gasteiger partial charge is 0.493 e. The number of hydrogen-bond donors (Lipinski definition) is 0. The normalized spacial score (nSPS) is 14.3. The molecule has 2 heterocycles. The van der Waals surface area contributed by atoms with E-state index in [1.54, 1.807) is 19.6 Å². The summed E-state index contributed by atoms with van der Waals surface area (Å²) in [5, 5.41) is 0. The average Bonchev–Trinajstić information content (AvgIpc) is 3.31. The first-order valence-electron chi connectivity index (χ1n) is 11.3. The summed E-state index contributed by atoms with van der Waals surface area (Å²) >= 11 is 0. The maximum Gasteiger partial charge on any atom is 0.226 e. The molecule has 6 heteroatoms. The number of ether oxygens (including phenoxy) is 2. The minimum atomic E-state index is 0.00972. The van der Waals surface area contributed by atoms with Crippen LogP contribution in [0.2, 0.25) is 0 Å². The van der Waals surface area contributed by atoms with E-state index in [9.17, 15) is 4.79 Å². The second-order valence-corrected chi connectivity index (χ2v) is 8.42. The van der Waals surface area contributed by atoms with Crippen LogP contribution >= 0.6 is 0 Å². The van der Waals surface area contributed by atoms with Gasteiger partial charge in [-0.3, -0.25) is 9.78 Å². The van der Waals surface area contributed by atoms with Crippen molar-refractivity contribution < 1.29 is 18.7 Å². The molecule has 2 aromatic heterocycles. The number of pyridine rings is 1. The molecule has 0 radical (unpaired) electrons. The minimum Gasteiger partial charge on any atom is -0.493 e. The molecule has 0 spiro atoms. The number of oxazole rings is 1. The molecule has 4 rings (SSSR count). The highest BCUT2D eigenvalue weighted by Crippen LogP contribution is 2.34. The first kappa shape index (κ1) is 22.1. The van der Waals surface area contributed by atoms with Gasteiger partial charge in [-0.05, 0) is 55.5 Å². The Bertz CT molecular complexity index is 1050. The third-order valence-electron chi connectivity index (χ3n) is 6.04. The zero-order chi connectivity index (χ0) is 22.3. The Kier molecular flexibility index (Phi) is 7.20. The van der Waals surface area contributed by atoms with E-state index in [2.05, 4.69) is 9.97 Å². The Labute approximate surface area is 189 Å². The molecule has 6 nitrogen and oxygen atoms in total. The van der Waals surface area contributed by atoms with Gasteiger partial charge < -0.3 is 13.9 Å². The highest BCUT2D eigenvalue weighted by molar-refractivity contribution is 5.95. The molecular weight excluding hydrogens is 404 g/mol. The van der Waals surface area contributed by atoms with Crippen molar-refractivity contribution in [1.82, 2.24) is 9.97 Å². The van der Waals surface area contributed by atoms with Crippen molar-refractivity contribution >= 4 is 5.78 Å². The third kappa shape index (κ3) is 5.36. The lowest BCUT2D eigenvalue weighted by molar-refractivity contribution is 0.0977. The molecule has 0 saturated heterocycles. The van der Waals surface area contributed by atoms with Gasteiger partial charge in [0.25, 0.3) is 0 Å². The number of rotatable bonds is 9. The van der Waals surface area contributed by atoms with Crippen LogP contribution < -0.4 is 9.47 Å². The third-order valence-corrected chi connectivity index (χ3v) is 6.04. The van der Waals surface area contributed by atoms with Gasteiger partial charge in [0, 0.05) is 24.6 Å². The van der Waals surface area contributed by atoms with Crippen molar-refractivity contribution in [1.29, 1.82) is 0 Å². The van der Waals surface area contributed by atoms with E-state index in [4.69, 9.17) is 13.9 Å². The van der Waals surface area contributed by atoms with Crippen LogP contribution in [0.4, 0.5) is 0 Å². The first-order valence-corrected chi connectivity index (χ1v) is 11.3. The van der Waals surface area contributed by atoms with Gasteiger partial charge in [0.2, 0.25) is 5.89 Å². The van der Waals surface area contributed by atoms with Gasteiger partial charge in [-0.1, -0.05) is 25.3 Å². The van der Waals surface area contributed by atoms with Gasteiger partial charge in [-0.25, -0.2) is 4.98 Å². The molecule has 0 atom stereocenters. The molecule has 3 aromatic rings. The number of benzene rings is 1. The molecule has 1 saturated carbocycles. The number of aryl methyl sites for hydroxylation is 2. The maximum absolute atomic E-state index is 12.5. The van der Waals surface area contributed by atoms with Crippen molar-refractivity contribution in [2.45, 2.75) is 51.9 Å². The Morgan fingerprint density at radius 2 is 2.00 bits per heavy atom. The van der Waals surface area contributed by atoms with Crippen LogP contribution in [0.25, 0.3) is 11.5 Å². The topological polar surface area (TPSA) is 74.5 Å². The van der Waals surface area contributed by atoms with Crippen molar-refractivity contribution in [3.05, 3.63) is 59.7 Å². The SMILES string of the molecule is COc1ccc(-c2nc(CCC(=O)c3ncccc3C)co2)cc1OCC1CCCCC1. The summed E-state index contributed by atoms with van der Waals surface area (Å²) in [4.78, 5) is 21.3. The van der Waals surface area contributed by atoms with E-state index in [0.717, 1.165) is 16.8 Å². The smallest absolute Gasteiger partial charge is 0.226 e. The molecule has 1 aliphatic rings. The van der Waals surface area contributed by atoms with Crippen LogP contribution in [0.5, 0.6) is 11.5 Å². The van der Waals surface area contributed by atoms with Crippen LogP contribution in [0.15, 0.2) is 47.2 Å². The lowest BCUT2D eigenvalue weighted by Gasteiger charge is -2.22. The van der Waals surface area contributed by atoms with E-state index in [1.807, 2.05) is 37.3 Å². The van der Waals surface area contributed by atoms with E-state index < -0.39 is 0 Å². The predicted octanol–water partition coefficient (Wildman–Crippen LogP) is 5.83. The van der Waals surface area contributed by atoms with E-state index in [1.165, 1.54) is 32.1 Å². The molecule has 1 aromatic carbocycles. The fourth-order valence-corrected chi connectivity index (χ4v) is 4.18. The van der Waals surface area contributed by atoms with Crippen molar-refractivity contribution in [3.63, 3.8) is 0 Å². The maximum atomic E-state index is 12.5. The van der Waals surface area contributed by atoms with Crippen LogP contribution in [0.3, 0.4) is 0 Å². The van der Waals surface area contributed by atoms with Crippen LogP contribution in [0.1, 0.15) is 60.3 Å². The lowest BCUT2D eigenvalue weighted by atomic mass is 9.90. The van der Waals surface area contributed by atoms with Gasteiger partial charge in [0.1, 0.15) is 12.0 Å². The van der Waals surface area contributed by atoms with Crippen LogP contribution in [-0.4, -0.2) is 29.5 Å². The first-order chi connectivity index (χ1) is 15.6.